The second kappa shape index (κ2) is 7.00. The van der Waals surface area contributed by atoms with E-state index in [0.717, 1.165) is 38.8 Å². The lowest BCUT2D eigenvalue weighted by molar-refractivity contribution is -0.133. The second-order valence-electron chi connectivity index (χ2n) is 5.36. The fourth-order valence-corrected chi connectivity index (χ4v) is 2.08. The molecule has 3 nitrogen and oxygen atoms in total. The van der Waals surface area contributed by atoms with Crippen LogP contribution >= 0.6 is 0 Å². The van der Waals surface area contributed by atoms with Gasteiger partial charge in [0.25, 0.3) is 0 Å². The molecule has 0 heterocycles. The van der Waals surface area contributed by atoms with Crippen molar-refractivity contribution in [3.63, 3.8) is 0 Å². The first-order valence-corrected chi connectivity index (χ1v) is 7.22. The molecular weight excluding hydrogens is 212 g/mol. The zero-order valence-corrected chi connectivity index (χ0v) is 11.5. The third-order valence-corrected chi connectivity index (χ3v) is 3.56. The first-order chi connectivity index (χ1) is 8.14. The van der Waals surface area contributed by atoms with Crippen molar-refractivity contribution in [1.29, 1.82) is 0 Å². The van der Waals surface area contributed by atoms with Gasteiger partial charge in [-0.2, -0.15) is 0 Å². The van der Waals surface area contributed by atoms with Crippen LogP contribution in [-0.4, -0.2) is 29.4 Å². The number of carbonyl (C=O) groups is 1. The maximum atomic E-state index is 12.2. The van der Waals surface area contributed by atoms with E-state index in [-0.39, 0.29) is 5.91 Å². The molecule has 0 radical (unpaired) electrons. The molecule has 17 heavy (non-hydrogen) atoms. The molecule has 1 saturated carbocycles. The quantitative estimate of drug-likeness (QED) is 0.630. The highest BCUT2D eigenvalue weighted by molar-refractivity contribution is 5.89. The van der Waals surface area contributed by atoms with Crippen molar-refractivity contribution in [3.8, 4) is 0 Å². The number of nitrogens with two attached hydrogens (primary N) is 1. The maximum absolute atomic E-state index is 12.2. The van der Waals surface area contributed by atoms with Gasteiger partial charge in [-0.25, -0.2) is 0 Å². The highest BCUT2D eigenvalue weighted by Gasteiger charge is 2.47. The van der Waals surface area contributed by atoms with Gasteiger partial charge in [0.05, 0.1) is 5.54 Å². The van der Waals surface area contributed by atoms with E-state index in [1.165, 1.54) is 25.7 Å². The van der Waals surface area contributed by atoms with Crippen molar-refractivity contribution in [2.24, 2.45) is 5.73 Å². The van der Waals surface area contributed by atoms with Crippen LogP contribution in [0.2, 0.25) is 0 Å². The lowest BCUT2D eigenvalue weighted by atomic mass is 10.1. The van der Waals surface area contributed by atoms with Gasteiger partial charge in [0, 0.05) is 13.1 Å². The zero-order valence-electron chi connectivity index (χ0n) is 11.5. The zero-order chi connectivity index (χ0) is 12.7. The molecule has 2 N–H and O–H groups in total. The summed E-state index contributed by atoms with van der Waals surface area (Å²) < 4.78 is 0. The lowest BCUT2D eigenvalue weighted by Gasteiger charge is -2.25. The molecular formula is C14H28N2O. The molecule has 3 heteroatoms. The van der Waals surface area contributed by atoms with E-state index in [1.807, 2.05) is 4.90 Å². The second-order valence-corrected chi connectivity index (χ2v) is 5.36. The third kappa shape index (κ3) is 4.66. The fraction of sp³-hybridized carbons (Fsp3) is 0.929. The van der Waals surface area contributed by atoms with Crippen LogP contribution in [0.15, 0.2) is 0 Å². The Hall–Kier alpha value is -0.570. The summed E-state index contributed by atoms with van der Waals surface area (Å²) in [7, 11) is 0. The molecule has 1 amide bonds. The lowest BCUT2D eigenvalue weighted by Crippen LogP contribution is -2.46. The van der Waals surface area contributed by atoms with Crippen LogP contribution in [0.4, 0.5) is 0 Å². The van der Waals surface area contributed by atoms with E-state index in [0.29, 0.717) is 0 Å². The molecule has 0 aromatic rings. The van der Waals surface area contributed by atoms with Crippen molar-refractivity contribution in [1.82, 2.24) is 4.90 Å². The Morgan fingerprint density at radius 3 is 1.88 bits per heavy atom. The molecule has 0 aromatic carbocycles. The van der Waals surface area contributed by atoms with Gasteiger partial charge >= 0.3 is 0 Å². The van der Waals surface area contributed by atoms with Gasteiger partial charge in [-0.05, 0) is 25.7 Å². The summed E-state index contributed by atoms with van der Waals surface area (Å²) in [6.07, 6.45) is 8.79. The largest absolute Gasteiger partial charge is 0.341 e. The van der Waals surface area contributed by atoms with E-state index in [4.69, 9.17) is 5.73 Å². The molecule has 0 aromatic heterocycles. The van der Waals surface area contributed by atoms with Crippen LogP contribution < -0.4 is 5.73 Å². The summed E-state index contributed by atoms with van der Waals surface area (Å²) in [6, 6.07) is 0. The average Bonchev–Trinajstić information content (AvgIpc) is 3.06. The molecule has 0 bridgehead atoms. The highest BCUT2D eigenvalue weighted by Crippen LogP contribution is 2.34. The minimum absolute atomic E-state index is 0.199. The number of rotatable bonds is 9. The molecule has 1 aliphatic rings. The van der Waals surface area contributed by atoms with Crippen molar-refractivity contribution in [2.75, 3.05) is 13.1 Å². The number of unbranched alkanes of at least 4 members (excludes halogenated alkanes) is 4. The van der Waals surface area contributed by atoms with Gasteiger partial charge < -0.3 is 10.6 Å². The van der Waals surface area contributed by atoms with Gasteiger partial charge in [-0.1, -0.05) is 39.5 Å². The molecule has 0 unspecified atom stereocenters. The Kier molecular flexibility index (Phi) is 5.96. The van der Waals surface area contributed by atoms with Crippen LogP contribution in [0.1, 0.15) is 65.2 Å². The number of hydrogen-bond donors (Lipinski definition) is 1. The Labute approximate surface area is 106 Å². The predicted molar refractivity (Wildman–Crippen MR) is 71.8 cm³/mol. The van der Waals surface area contributed by atoms with Gasteiger partial charge in [0.2, 0.25) is 5.91 Å². The smallest absolute Gasteiger partial charge is 0.242 e. The standard InChI is InChI=1S/C14H28N2O/c1-3-5-7-11-16(12-8-6-4-2)13(17)14(15)9-10-14/h3-12,15H2,1-2H3. The average molecular weight is 240 g/mol. The molecule has 1 rings (SSSR count). The minimum atomic E-state index is -0.488. The SMILES string of the molecule is CCCCCN(CCCCC)C(=O)C1(N)CC1. The van der Waals surface area contributed by atoms with E-state index in [2.05, 4.69) is 13.8 Å². The van der Waals surface area contributed by atoms with E-state index in [1.54, 1.807) is 0 Å². The number of hydrogen-bond acceptors (Lipinski definition) is 2. The van der Waals surface area contributed by atoms with Crippen molar-refractivity contribution < 1.29 is 4.79 Å². The number of amides is 1. The topological polar surface area (TPSA) is 46.3 Å². The summed E-state index contributed by atoms with van der Waals surface area (Å²) in [6.45, 7) is 6.17. The molecule has 0 atom stereocenters. The maximum Gasteiger partial charge on any atom is 0.242 e. The number of nitrogens with zero attached hydrogens (tertiary/aromatic N) is 1. The first kappa shape index (κ1) is 14.5. The Balaban J connectivity index is 2.37. The van der Waals surface area contributed by atoms with Crippen molar-refractivity contribution >= 4 is 5.91 Å². The summed E-state index contributed by atoms with van der Waals surface area (Å²) in [5.74, 6) is 0.199. The van der Waals surface area contributed by atoms with Crippen molar-refractivity contribution in [2.45, 2.75) is 70.8 Å². The fourth-order valence-electron chi connectivity index (χ4n) is 2.08. The molecule has 0 spiro atoms. The summed E-state index contributed by atoms with van der Waals surface area (Å²) in [4.78, 5) is 14.2. The molecule has 1 aliphatic carbocycles. The summed E-state index contributed by atoms with van der Waals surface area (Å²) >= 11 is 0. The molecule has 0 saturated heterocycles. The molecule has 100 valence electrons. The summed E-state index contributed by atoms with van der Waals surface area (Å²) in [5, 5.41) is 0. The van der Waals surface area contributed by atoms with Gasteiger partial charge in [-0.15, -0.1) is 0 Å². The summed E-state index contributed by atoms with van der Waals surface area (Å²) in [5.41, 5.74) is 5.52. The van der Waals surface area contributed by atoms with E-state index in [9.17, 15) is 4.79 Å². The van der Waals surface area contributed by atoms with Crippen LogP contribution in [0, 0.1) is 0 Å². The van der Waals surface area contributed by atoms with E-state index < -0.39 is 5.54 Å². The Bertz CT molecular complexity index is 226. The van der Waals surface area contributed by atoms with Crippen LogP contribution in [0.3, 0.4) is 0 Å². The van der Waals surface area contributed by atoms with Crippen LogP contribution in [0.25, 0.3) is 0 Å². The van der Waals surface area contributed by atoms with Gasteiger partial charge in [-0.3, -0.25) is 4.79 Å². The Morgan fingerprint density at radius 2 is 1.53 bits per heavy atom. The monoisotopic (exact) mass is 240 g/mol. The number of carbonyl (C=O) groups excluding carboxylic acids is 1. The normalized spacial score (nSPS) is 16.9. The van der Waals surface area contributed by atoms with E-state index >= 15 is 0 Å². The Morgan fingerprint density at radius 1 is 1.06 bits per heavy atom. The van der Waals surface area contributed by atoms with Crippen molar-refractivity contribution in [3.05, 3.63) is 0 Å². The van der Waals surface area contributed by atoms with Gasteiger partial charge in [0.1, 0.15) is 0 Å². The molecule has 1 fully saturated rings. The third-order valence-electron chi connectivity index (χ3n) is 3.56. The van der Waals surface area contributed by atoms with Crippen LogP contribution in [-0.2, 0) is 4.79 Å². The first-order valence-electron chi connectivity index (χ1n) is 7.22. The molecule has 0 aliphatic heterocycles. The highest BCUT2D eigenvalue weighted by atomic mass is 16.2. The predicted octanol–water partition coefficient (Wildman–Crippen LogP) is 2.69. The van der Waals surface area contributed by atoms with Gasteiger partial charge in [0.15, 0.2) is 0 Å². The minimum Gasteiger partial charge on any atom is -0.341 e. The van der Waals surface area contributed by atoms with Crippen LogP contribution in [0.5, 0.6) is 0 Å².